The van der Waals surface area contributed by atoms with Crippen LogP contribution in [-0.4, -0.2) is 26.3 Å². The largest absolute Gasteiger partial charge is 0.397 e. The van der Waals surface area contributed by atoms with E-state index in [4.69, 9.17) is 15.7 Å². The molecular weight excluding hydrogens is 214 g/mol. The third-order valence-electron chi connectivity index (χ3n) is 2.45. The molecule has 0 aliphatic carbocycles. The number of anilines is 2. The summed E-state index contributed by atoms with van der Waals surface area (Å²) in [4.78, 5) is 2.03. The molecule has 0 unspecified atom stereocenters. The van der Waals surface area contributed by atoms with Crippen molar-refractivity contribution in [3.05, 3.63) is 23.8 Å². The second-order valence-corrected chi connectivity index (χ2v) is 4.23. The lowest BCUT2D eigenvalue weighted by Crippen LogP contribution is -2.24. The average molecular weight is 233 g/mol. The molecular formula is C13H19N3O. The summed E-state index contributed by atoms with van der Waals surface area (Å²) in [5.74, 6) is 0. The number of benzene rings is 1. The van der Waals surface area contributed by atoms with Gasteiger partial charge in [0, 0.05) is 13.6 Å². The number of nitrogens with two attached hydrogens (primary N) is 1. The first-order chi connectivity index (χ1) is 8.04. The van der Waals surface area contributed by atoms with Crippen molar-refractivity contribution in [3.8, 4) is 6.07 Å². The molecule has 0 spiro atoms. The highest BCUT2D eigenvalue weighted by Gasteiger charge is 2.06. The lowest BCUT2D eigenvalue weighted by molar-refractivity contribution is 0.0846. The molecule has 0 atom stereocenters. The van der Waals surface area contributed by atoms with Crippen molar-refractivity contribution in [2.24, 2.45) is 0 Å². The summed E-state index contributed by atoms with van der Waals surface area (Å²) in [5, 5.41) is 8.75. The van der Waals surface area contributed by atoms with Crippen LogP contribution in [-0.2, 0) is 4.74 Å². The molecule has 1 rings (SSSR count). The molecule has 0 amide bonds. The molecule has 0 saturated heterocycles. The van der Waals surface area contributed by atoms with Crippen molar-refractivity contribution < 1.29 is 4.74 Å². The number of ether oxygens (including phenoxy) is 1. The number of likely N-dealkylation sites (N-methyl/N-ethyl adjacent to an activating group) is 1. The fraction of sp³-hybridized carbons (Fsp3) is 0.462. The van der Waals surface area contributed by atoms with Crippen LogP contribution in [0.3, 0.4) is 0 Å². The van der Waals surface area contributed by atoms with Crippen LogP contribution in [0.1, 0.15) is 19.4 Å². The van der Waals surface area contributed by atoms with Gasteiger partial charge in [-0.1, -0.05) is 0 Å². The summed E-state index contributed by atoms with van der Waals surface area (Å²) >= 11 is 0. The van der Waals surface area contributed by atoms with Crippen molar-refractivity contribution in [1.82, 2.24) is 0 Å². The van der Waals surface area contributed by atoms with Gasteiger partial charge in [0.2, 0.25) is 0 Å². The maximum Gasteiger partial charge on any atom is 0.0992 e. The highest BCUT2D eigenvalue weighted by Crippen LogP contribution is 2.22. The van der Waals surface area contributed by atoms with Gasteiger partial charge in [0.1, 0.15) is 0 Å². The average Bonchev–Trinajstić information content (AvgIpc) is 2.28. The monoisotopic (exact) mass is 233 g/mol. The summed E-state index contributed by atoms with van der Waals surface area (Å²) in [7, 11) is 1.96. The molecule has 0 fully saturated rings. The highest BCUT2D eigenvalue weighted by molar-refractivity contribution is 5.69. The summed E-state index contributed by atoms with van der Waals surface area (Å²) in [6, 6.07) is 7.39. The SMILES string of the molecule is CC(C)OCCN(C)c1ccc(C#N)cc1N. The van der Waals surface area contributed by atoms with Gasteiger partial charge in [-0.25, -0.2) is 0 Å². The predicted octanol–water partition coefficient (Wildman–Crippen LogP) is 2.00. The van der Waals surface area contributed by atoms with Crippen LogP contribution < -0.4 is 10.6 Å². The van der Waals surface area contributed by atoms with E-state index in [0.717, 1.165) is 12.2 Å². The Kier molecular flexibility index (Phi) is 4.80. The van der Waals surface area contributed by atoms with Gasteiger partial charge in [-0.3, -0.25) is 0 Å². The van der Waals surface area contributed by atoms with E-state index in [9.17, 15) is 0 Å². The molecule has 0 bridgehead atoms. The van der Waals surface area contributed by atoms with E-state index in [-0.39, 0.29) is 6.10 Å². The number of nitrogen functional groups attached to an aromatic ring is 1. The molecule has 0 aliphatic heterocycles. The highest BCUT2D eigenvalue weighted by atomic mass is 16.5. The maximum absolute atomic E-state index is 8.75. The number of rotatable bonds is 5. The number of hydrogen-bond acceptors (Lipinski definition) is 4. The summed E-state index contributed by atoms with van der Waals surface area (Å²) in [6.45, 7) is 5.45. The lowest BCUT2D eigenvalue weighted by atomic mass is 10.2. The van der Waals surface area contributed by atoms with E-state index < -0.39 is 0 Å². The number of hydrogen-bond donors (Lipinski definition) is 1. The van der Waals surface area contributed by atoms with Gasteiger partial charge in [-0.15, -0.1) is 0 Å². The molecule has 1 aromatic rings. The van der Waals surface area contributed by atoms with Crippen LogP contribution in [0, 0.1) is 11.3 Å². The third-order valence-corrected chi connectivity index (χ3v) is 2.45. The Morgan fingerprint density at radius 2 is 2.18 bits per heavy atom. The second kappa shape index (κ2) is 6.12. The van der Waals surface area contributed by atoms with Crippen molar-refractivity contribution in [1.29, 1.82) is 5.26 Å². The molecule has 92 valence electrons. The van der Waals surface area contributed by atoms with Gasteiger partial charge in [0.25, 0.3) is 0 Å². The normalized spacial score (nSPS) is 10.3. The Labute approximate surface area is 103 Å². The number of nitrogens with zero attached hydrogens (tertiary/aromatic N) is 2. The topological polar surface area (TPSA) is 62.3 Å². The molecule has 1 aromatic carbocycles. The predicted molar refractivity (Wildman–Crippen MR) is 69.9 cm³/mol. The minimum atomic E-state index is 0.238. The van der Waals surface area contributed by atoms with Gasteiger partial charge in [-0.2, -0.15) is 5.26 Å². The zero-order chi connectivity index (χ0) is 12.8. The standard InChI is InChI=1S/C13H19N3O/c1-10(2)17-7-6-16(3)13-5-4-11(9-14)8-12(13)15/h4-5,8,10H,6-7,15H2,1-3H3. The van der Waals surface area contributed by atoms with Crippen molar-refractivity contribution in [2.75, 3.05) is 30.8 Å². The first-order valence-corrected chi connectivity index (χ1v) is 5.67. The van der Waals surface area contributed by atoms with Crippen LogP contribution in [0.4, 0.5) is 11.4 Å². The van der Waals surface area contributed by atoms with Crippen LogP contribution in [0.25, 0.3) is 0 Å². The Morgan fingerprint density at radius 1 is 1.47 bits per heavy atom. The Hall–Kier alpha value is -1.73. The minimum Gasteiger partial charge on any atom is -0.397 e. The smallest absolute Gasteiger partial charge is 0.0992 e. The minimum absolute atomic E-state index is 0.238. The van der Waals surface area contributed by atoms with E-state index in [1.165, 1.54) is 0 Å². The Balaban J connectivity index is 2.63. The molecule has 4 nitrogen and oxygen atoms in total. The fourth-order valence-electron chi connectivity index (χ4n) is 1.52. The van der Waals surface area contributed by atoms with E-state index in [0.29, 0.717) is 17.9 Å². The van der Waals surface area contributed by atoms with E-state index in [1.807, 2.05) is 31.9 Å². The maximum atomic E-state index is 8.75. The number of nitriles is 1. The fourth-order valence-corrected chi connectivity index (χ4v) is 1.52. The molecule has 0 radical (unpaired) electrons. The van der Waals surface area contributed by atoms with Crippen molar-refractivity contribution >= 4 is 11.4 Å². The van der Waals surface area contributed by atoms with Gasteiger partial charge < -0.3 is 15.4 Å². The second-order valence-electron chi connectivity index (χ2n) is 4.23. The van der Waals surface area contributed by atoms with Crippen LogP contribution in [0.15, 0.2) is 18.2 Å². The van der Waals surface area contributed by atoms with Gasteiger partial charge in [0.05, 0.1) is 35.7 Å². The summed E-state index contributed by atoms with van der Waals surface area (Å²) < 4.78 is 5.48. The van der Waals surface area contributed by atoms with Crippen molar-refractivity contribution in [3.63, 3.8) is 0 Å². The van der Waals surface area contributed by atoms with Gasteiger partial charge in [-0.05, 0) is 32.0 Å². The zero-order valence-electron chi connectivity index (χ0n) is 10.6. The Morgan fingerprint density at radius 3 is 2.71 bits per heavy atom. The molecule has 0 aromatic heterocycles. The first-order valence-electron chi connectivity index (χ1n) is 5.67. The van der Waals surface area contributed by atoms with Crippen LogP contribution in [0.2, 0.25) is 0 Å². The van der Waals surface area contributed by atoms with E-state index in [2.05, 4.69) is 6.07 Å². The van der Waals surface area contributed by atoms with Gasteiger partial charge >= 0.3 is 0 Å². The van der Waals surface area contributed by atoms with Gasteiger partial charge in [0.15, 0.2) is 0 Å². The summed E-state index contributed by atoms with van der Waals surface area (Å²) in [6.07, 6.45) is 0.238. The molecule has 2 N–H and O–H groups in total. The lowest BCUT2D eigenvalue weighted by Gasteiger charge is -2.21. The molecule has 0 heterocycles. The first kappa shape index (κ1) is 13.3. The van der Waals surface area contributed by atoms with Crippen LogP contribution in [0.5, 0.6) is 0 Å². The van der Waals surface area contributed by atoms with Crippen molar-refractivity contribution in [2.45, 2.75) is 20.0 Å². The summed E-state index contributed by atoms with van der Waals surface area (Å²) in [5.41, 5.74) is 8.03. The van der Waals surface area contributed by atoms with Crippen LogP contribution >= 0.6 is 0 Å². The molecule has 0 aliphatic rings. The van der Waals surface area contributed by atoms with E-state index >= 15 is 0 Å². The molecule has 17 heavy (non-hydrogen) atoms. The van der Waals surface area contributed by atoms with E-state index in [1.54, 1.807) is 12.1 Å². The molecule has 4 heteroatoms. The quantitative estimate of drug-likeness (QED) is 0.790. The Bertz CT molecular complexity index is 410. The zero-order valence-corrected chi connectivity index (χ0v) is 10.6. The third kappa shape index (κ3) is 3.97. The molecule has 0 saturated carbocycles.